The minimum Gasteiger partial charge on any atom is -0.427 e. The van der Waals surface area contributed by atoms with Crippen molar-refractivity contribution in [3.8, 4) is 11.8 Å². The average molecular weight is 594 g/mol. The molecule has 2 bridgehead atoms. The van der Waals surface area contributed by atoms with Gasteiger partial charge in [0.15, 0.2) is 5.75 Å². The van der Waals surface area contributed by atoms with Crippen molar-refractivity contribution in [2.75, 3.05) is 50.8 Å². The Morgan fingerprint density at radius 3 is 2.58 bits per heavy atom. The molecule has 14 nitrogen and oxygen atoms in total. The second-order valence-electron chi connectivity index (χ2n) is 11.1. The molecule has 3 atom stereocenters. The van der Waals surface area contributed by atoms with E-state index < -0.39 is 24.7 Å². The molecule has 4 heterocycles. The number of amides is 1. The predicted molar refractivity (Wildman–Crippen MR) is 154 cm³/mol. The van der Waals surface area contributed by atoms with Gasteiger partial charge in [-0.2, -0.15) is 9.97 Å². The van der Waals surface area contributed by atoms with Gasteiger partial charge in [0.2, 0.25) is 6.79 Å². The van der Waals surface area contributed by atoms with E-state index >= 15 is 4.39 Å². The van der Waals surface area contributed by atoms with Gasteiger partial charge in [0, 0.05) is 31.1 Å². The molecule has 1 saturated carbocycles. The van der Waals surface area contributed by atoms with Crippen molar-refractivity contribution in [2.24, 2.45) is 11.7 Å². The van der Waals surface area contributed by atoms with E-state index in [1.165, 1.54) is 31.6 Å². The Kier molecular flexibility index (Phi) is 7.43. The second-order valence-corrected chi connectivity index (χ2v) is 11.1. The lowest BCUT2D eigenvalue weighted by atomic mass is 10.0. The standard InChI is InChI=1S/C28H32FN9O5/c1-14-31-9-18(10-32-14)43-27-34-25-23(26(35-27)38-11-15-5-17(38)8-20(15)30)19-6-16(29)7-21(24(19)33-25)37(4)28(40)42-13-41-22(39)12-36(2)3/h6-7,9-10,15,17,20H,5,8,11-13,30H2,1-4H3,(H,33,34,35). The van der Waals surface area contributed by atoms with Crippen LogP contribution in [0.4, 0.5) is 20.7 Å². The lowest BCUT2D eigenvalue weighted by molar-refractivity contribution is -0.152. The Labute approximate surface area is 245 Å². The number of benzene rings is 1. The van der Waals surface area contributed by atoms with Gasteiger partial charge in [-0.3, -0.25) is 14.6 Å². The summed E-state index contributed by atoms with van der Waals surface area (Å²) >= 11 is 0. The number of halogens is 1. The number of aromatic nitrogens is 5. The molecule has 43 heavy (non-hydrogen) atoms. The van der Waals surface area contributed by atoms with Crippen LogP contribution < -0.4 is 20.3 Å². The molecule has 1 aliphatic heterocycles. The van der Waals surface area contributed by atoms with Crippen molar-refractivity contribution in [3.05, 3.63) is 36.2 Å². The minimum absolute atomic E-state index is 0.0313. The number of anilines is 2. The molecule has 1 saturated heterocycles. The number of hydrogen-bond donors (Lipinski definition) is 2. The molecule has 6 rings (SSSR count). The van der Waals surface area contributed by atoms with Gasteiger partial charge in [-0.1, -0.05) is 0 Å². The summed E-state index contributed by atoms with van der Waals surface area (Å²) in [6, 6.07) is 2.93. The van der Waals surface area contributed by atoms with E-state index in [2.05, 4.69) is 24.8 Å². The van der Waals surface area contributed by atoms with Gasteiger partial charge >= 0.3 is 18.1 Å². The molecule has 3 N–H and O–H groups in total. The van der Waals surface area contributed by atoms with Crippen molar-refractivity contribution in [1.82, 2.24) is 29.8 Å². The summed E-state index contributed by atoms with van der Waals surface area (Å²) < 4.78 is 31.2. The maximum atomic E-state index is 15.1. The Bertz CT molecular complexity index is 1690. The van der Waals surface area contributed by atoms with Crippen LogP contribution in [0.15, 0.2) is 24.5 Å². The van der Waals surface area contributed by atoms with Gasteiger partial charge in [-0.25, -0.2) is 19.2 Å². The molecule has 1 aromatic carbocycles. The van der Waals surface area contributed by atoms with Gasteiger partial charge in [0.25, 0.3) is 0 Å². The summed E-state index contributed by atoms with van der Waals surface area (Å²) in [5, 5.41) is 1.07. The number of fused-ring (bicyclic) bond motifs is 5. The van der Waals surface area contributed by atoms with Crippen LogP contribution in [0.5, 0.6) is 11.8 Å². The molecule has 0 radical (unpaired) electrons. The fourth-order valence-electron chi connectivity index (χ4n) is 5.76. The number of rotatable bonds is 8. The zero-order valence-electron chi connectivity index (χ0n) is 24.2. The summed E-state index contributed by atoms with van der Waals surface area (Å²) in [5.74, 6) is 0.713. The number of nitrogens with two attached hydrogens (primary N) is 1. The molecule has 0 spiro atoms. The number of likely N-dealkylation sites (N-methyl/N-ethyl adjacent to an activating group) is 1. The van der Waals surface area contributed by atoms with Crippen LogP contribution in [0.1, 0.15) is 18.7 Å². The van der Waals surface area contributed by atoms with Crippen molar-refractivity contribution in [2.45, 2.75) is 31.8 Å². The highest BCUT2D eigenvalue weighted by Gasteiger charge is 2.44. The van der Waals surface area contributed by atoms with Crippen LogP contribution in [0, 0.1) is 18.7 Å². The lowest BCUT2D eigenvalue weighted by Crippen LogP contribution is -2.41. The van der Waals surface area contributed by atoms with E-state index in [0.717, 1.165) is 17.7 Å². The highest BCUT2D eigenvalue weighted by atomic mass is 19.1. The van der Waals surface area contributed by atoms with Gasteiger partial charge in [-0.15, -0.1) is 0 Å². The van der Waals surface area contributed by atoms with Gasteiger partial charge in [-0.05, 0) is 51.9 Å². The normalized spacial score (nSPS) is 19.4. The zero-order valence-corrected chi connectivity index (χ0v) is 24.2. The topological polar surface area (TPSA) is 165 Å². The first kappa shape index (κ1) is 28.5. The van der Waals surface area contributed by atoms with Gasteiger partial charge in [0.1, 0.15) is 23.1 Å². The van der Waals surface area contributed by atoms with Crippen LogP contribution >= 0.6 is 0 Å². The van der Waals surface area contributed by atoms with Crippen LogP contribution in [-0.4, -0.2) is 95.0 Å². The molecule has 4 aromatic rings. The Morgan fingerprint density at radius 1 is 1.14 bits per heavy atom. The molecule has 1 aliphatic carbocycles. The van der Waals surface area contributed by atoms with Crippen LogP contribution in [0.25, 0.3) is 21.9 Å². The van der Waals surface area contributed by atoms with Crippen molar-refractivity contribution in [3.63, 3.8) is 0 Å². The van der Waals surface area contributed by atoms with E-state index in [1.54, 1.807) is 25.9 Å². The molecule has 2 fully saturated rings. The Morgan fingerprint density at radius 2 is 1.91 bits per heavy atom. The molecule has 1 amide bonds. The third-order valence-corrected chi connectivity index (χ3v) is 7.78. The summed E-state index contributed by atoms with van der Waals surface area (Å²) in [7, 11) is 4.85. The Balaban J connectivity index is 1.38. The van der Waals surface area contributed by atoms with Gasteiger partial charge in [0.05, 0.1) is 35.5 Å². The van der Waals surface area contributed by atoms with E-state index in [0.29, 0.717) is 51.8 Å². The molecule has 226 valence electrons. The number of H-pyrrole nitrogens is 1. The van der Waals surface area contributed by atoms with Gasteiger partial charge < -0.3 is 29.8 Å². The number of nitrogens with one attached hydrogen (secondary N) is 1. The SMILES string of the molecule is Cc1ncc(Oc2nc(N3CC4CC3CC4N)c3c(n2)[nH]c2c(N(C)C(=O)OCOC(=O)CN(C)C)cc(F)cc23)cn1. The summed E-state index contributed by atoms with van der Waals surface area (Å²) in [6.07, 6.45) is 3.97. The number of esters is 1. The Hall–Kier alpha value is -4.63. The second kappa shape index (κ2) is 11.2. The molecule has 3 aromatic heterocycles. The summed E-state index contributed by atoms with van der Waals surface area (Å²) in [4.78, 5) is 50.5. The number of aromatic amines is 1. The van der Waals surface area contributed by atoms with Crippen LogP contribution in [0.3, 0.4) is 0 Å². The third kappa shape index (κ3) is 5.60. The third-order valence-electron chi connectivity index (χ3n) is 7.78. The molecule has 3 unspecified atom stereocenters. The number of hydrogen-bond acceptors (Lipinski definition) is 12. The van der Waals surface area contributed by atoms with E-state index in [1.807, 2.05) is 0 Å². The molecule has 2 aliphatic rings. The summed E-state index contributed by atoms with van der Waals surface area (Å²) in [5.41, 5.74) is 7.35. The van der Waals surface area contributed by atoms with Crippen LogP contribution in [-0.2, 0) is 14.3 Å². The predicted octanol–water partition coefficient (Wildman–Crippen LogP) is 2.70. The number of carbonyl (C=O) groups excluding carboxylic acids is 2. The molecular weight excluding hydrogens is 561 g/mol. The monoisotopic (exact) mass is 593 g/mol. The zero-order chi connectivity index (χ0) is 30.4. The minimum atomic E-state index is -0.844. The first-order valence-electron chi connectivity index (χ1n) is 13.8. The highest BCUT2D eigenvalue weighted by Crippen LogP contribution is 2.44. The molecular formula is C28H32FN9O5. The number of carbonyl (C=O) groups is 2. The quantitative estimate of drug-likeness (QED) is 0.227. The fourth-order valence-corrected chi connectivity index (χ4v) is 5.76. The van der Waals surface area contributed by atoms with Crippen molar-refractivity contribution >= 4 is 45.5 Å². The van der Waals surface area contributed by atoms with E-state index in [9.17, 15) is 9.59 Å². The number of aryl methyl sites for hydroxylation is 1. The number of piperidine rings is 1. The first-order valence-corrected chi connectivity index (χ1v) is 13.8. The first-order chi connectivity index (χ1) is 20.6. The lowest BCUT2D eigenvalue weighted by Gasteiger charge is -2.31. The van der Waals surface area contributed by atoms with Crippen molar-refractivity contribution in [1.29, 1.82) is 0 Å². The smallest absolute Gasteiger partial charge is 0.416 e. The highest BCUT2D eigenvalue weighted by molar-refractivity contribution is 6.16. The maximum Gasteiger partial charge on any atom is 0.416 e. The van der Waals surface area contributed by atoms with Crippen molar-refractivity contribution < 1.29 is 28.2 Å². The van der Waals surface area contributed by atoms with E-state index in [-0.39, 0.29) is 30.3 Å². The number of ether oxygens (including phenoxy) is 3. The largest absolute Gasteiger partial charge is 0.427 e. The average Bonchev–Trinajstić information content (AvgIpc) is 3.64. The number of nitrogens with zero attached hydrogens (tertiary/aromatic N) is 7. The van der Waals surface area contributed by atoms with Crippen LogP contribution in [0.2, 0.25) is 0 Å². The maximum absolute atomic E-state index is 15.1. The molecule has 15 heteroatoms. The fraction of sp³-hybridized carbons (Fsp3) is 0.429. The summed E-state index contributed by atoms with van der Waals surface area (Å²) in [6.45, 7) is 1.91. The van der Waals surface area contributed by atoms with E-state index in [4.69, 9.17) is 24.9 Å².